The zero-order valence-electron chi connectivity index (χ0n) is 34.5. The topological polar surface area (TPSA) is 56.7 Å². The molecule has 0 spiro atoms. The van der Waals surface area contributed by atoms with Crippen molar-refractivity contribution in [3.05, 3.63) is 169 Å². The van der Waals surface area contributed by atoms with Crippen molar-refractivity contribution in [2.45, 2.75) is 46.4 Å². The van der Waals surface area contributed by atoms with Crippen LogP contribution in [0.25, 0.3) is 66.9 Å². The molecule has 0 aliphatic rings. The molecule has 0 saturated carbocycles. The Morgan fingerprint density at radius 2 is 1.53 bits per heavy atom. The number of fused-ring (bicyclic) bond motifs is 4. The average molecular weight is 945 g/mol. The summed E-state index contributed by atoms with van der Waals surface area (Å²) in [5.41, 5.74) is 9.01. The van der Waals surface area contributed by atoms with Crippen molar-refractivity contribution in [1.29, 1.82) is 0 Å². The average Bonchev–Trinajstić information content (AvgIpc) is 3.80. The van der Waals surface area contributed by atoms with Gasteiger partial charge in [0.25, 0.3) is 0 Å². The molecule has 0 N–H and O–H groups in total. The van der Waals surface area contributed by atoms with Gasteiger partial charge in [0, 0.05) is 52.7 Å². The number of hydrogen-bond donors (Lipinski definition) is 0. The number of nitrogens with zero attached hydrogens (tertiary/aromatic N) is 4. The molecule has 0 atom stereocenters. The van der Waals surface area contributed by atoms with Crippen LogP contribution in [0, 0.1) is 23.9 Å². The summed E-state index contributed by atoms with van der Waals surface area (Å²) >= 11 is 0. The van der Waals surface area contributed by atoms with E-state index in [1.165, 1.54) is 22.9 Å². The van der Waals surface area contributed by atoms with Crippen LogP contribution in [0.1, 0.15) is 27.7 Å². The second-order valence-corrected chi connectivity index (χ2v) is 20.3. The molecule has 0 bridgehead atoms. The minimum Gasteiger partial charge on any atom is -0.498 e. The van der Waals surface area contributed by atoms with Gasteiger partial charge in [0.1, 0.15) is 17.1 Å². The monoisotopic (exact) mass is 945 g/mol. The molecule has 4 heterocycles. The number of halogens is 1. The number of para-hydroxylation sites is 2. The number of imidazole rings is 1. The van der Waals surface area contributed by atoms with Crippen molar-refractivity contribution >= 4 is 46.2 Å². The van der Waals surface area contributed by atoms with E-state index in [1.807, 2.05) is 105 Å². The van der Waals surface area contributed by atoms with Gasteiger partial charge in [0.2, 0.25) is 0 Å². The molecule has 4 aromatic heterocycles. The van der Waals surface area contributed by atoms with Gasteiger partial charge in [-0.25, -0.2) is 4.39 Å². The molecule has 0 aliphatic carbocycles. The number of benzene rings is 5. The van der Waals surface area contributed by atoms with Crippen LogP contribution in [0.5, 0.6) is 0 Å². The summed E-state index contributed by atoms with van der Waals surface area (Å²) in [5, 5.41) is 3.09. The summed E-state index contributed by atoms with van der Waals surface area (Å²) < 4.78 is 39.4. The number of hydrogen-bond acceptors (Lipinski definition) is 4. The van der Waals surface area contributed by atoms with E-state index < -0.39 is 14.4 Å². The third-order valence-corrected chi connectivity index (χ3v) is 11.7. The molecule has 0 amide bonds. The Bertz CT molecular complexity index is 2870. The maximum absolute atomic E-state index is 13.5. The first kappa shape index (κ1) is 37.1. The zero-order chi connectivity index (χ0) is 40.6. The second-order valence-electron chi connectivity index (χ2n) is 15.2. The van der Waals surface area contributed by atoms with Crippen molar-refractivity contribution in [2.24, 2.45) is 5.92 Å². The molecular weight excluding hydrogens is 900 g/mol. The maximum atomic E-state index is 13.5. The molecule has 5 nitrogen and oxygen atoms in total. The van der Waals surface area contributed by atoms with E-state index in [-0.39, 0.29) is 31.8 Å². The van der Waals surface area contributed by atoms with Crippen molar-refractivity contribution in [3.63, 3.8) is 0 Å². The standard InChI is InChI=1S/C31H19FN3O.C18H24NSi.Ir/c32-22-15-13-21(14-16-22)28-30-24(17-18-33-28)23-9-6-10-25(29(23)36-30)31-34-26-11-4-5-12-27(26)35(31)19-20-7-2-1-3-8-20;1-14(2)11-16-12-17(20(3,4)5)13-19-18(16)15-9-7-6-8-10-15;/h1-9,11-18H,19H2;6-9,12-14H,11H2,1-5H3;/q2*-1;/i;11D2;. The van der Waals surface area contributed by atoms with Gasteiger partial charge in [-0.1, -0.05) is 98.5 Å². The third kappa shape index (κ3) is 8.45. The van der Waals surface area contributed by atoms with Gasteiger partial charge in [-0.2, -0.15) is 0 Å². The maximum Gasteiger partial charge on any atom is 0.147 e. The molecule has 1 radical (unpaired) electrons. The van der Waals surface area contributed by atoms with E-state index in [1.54, 1.807) is 18.3 Å². The summed E-state index contributed by atoms with van der Waals surface area (Å²) in [7, 11) is -1.54. The molecule has 9 rings (SSSR count). The molecule has 5 aromatic carbocycles. The largest absolute Gasteiger partial charge is 0.498 e. The Kier molecular flexibility index (Phi) is 11.0. The van der Waals surface area contributed by atoms with Gasteiger partial charge in [-0.15, -0.1) is 54.1 Å². The van der Waals surface area contributed by atoms with Crippen LogP contribution in [0.15, 0.2) is 144 Å². The quantitative estimate of drug-likeness (QED) is 0.112. The zero-order valence-corrected chi connectivity index (χ0v) is 35.9. The Labute approximate surface area is 350 Å². The summed E-state index contributed by atoms with van der Waals surface area (Å²) in [6.45, 7) is 11.3. The van der Waals surface area contributed by atoms with Crippen LogP contribution in [-0.2, 0) is 33.0 Å². The second kappa shape index (κ2) is 16.9. The van der Waals surface area contributed by atoms with Gasteiger partial charge in [0.05, 0.1) is 30.5 Å². The van der Waals surface area contributed by atoms with E-state index in [9.17, 15) is 4.39 Å². The van der Waals surface area contributed by atoms with Gasteiger partial charge in [-0.05, 0) is 71.2 Å². The first-order valence-corrected chi connectivity index (χ1v) is 22.4. The van der Waals surface area contributed by atoms with Crippen molar-refractivity contribution in [1.82, 2.24) is 19.5 Å². The van der Waals surface area contributed by atoms with E-state index in [0.717, 1.165) is 44.3 Å². The predicted molar refractivity (Wildman–Crippen MR) is 230 cm³/mol. The molecule has 0 aliphatic heterocycles. The normalized spacial score (nSPS) is 12.3. The van der Waals surface area contributed by atoms with E-state index >= 15 is 0 Å². The van der Waals surface area contributed by atoms with Crippen molar-refractivity contribution in [2.75, 3.05) is 0 Å². The summed E-state index contributed by atoms with van der Waals surface area (Å²) in [6.07, 6.45) is 2.26. The Morgan fingerprint density at radius 1 is 0.789 bits per heavy atom. The fraction of sp³-hybridized carbons (Fsp3) is 0.163. The van der Waals surface area contributed by atoms with Gasteiger partial charge < -0.3 is 14.0 Å². The van der Waals surface area contributed by atoms with Gasteiger partial charge in [-0.3, -0.25) is 9.97 Å². The minimum absolute atomic E-state index is 0. The fourth-order valence-corrected chi connectivity index (χ4v) is 7.92. The van der Waals surface area contributed by atoms with Crippen LogP contribution in [0.4, 0.5) is 4.39 Å². The molecule has 0 unspecified atom stereocenters. The predicted octanol–water partition coefficient (Wildman–Crippen LogP) is 11.9. The van der Waals surface area contributed by atoms with Crippen LogP contribution in [0.2, 0.25) is 19.6 Å². The molecule has 8 heteroatoms. The first-order chi connectivity index (χ1) is 27.9. The SMILES string of the molecule is Fc1ccc(-c2nccc3c2oc2c(-c4nc5ccccc5n4Cc4ccccc4)[c-]ccc23)cc1.[2H]C([2H])(c1cc([Si](C)(C)C)cnc1-c1[c-]cccc1)C(C)C.[Ir]. The van der Waals surface area contributed by atoms with Crippen molar-refractivity contribution in [3.8, 4) is 33.9 Å². The molecular formula is C49H43FIrN4OSi-2. The Morgan fingerprint density at radius 3 is 2.26 bits per heavy atom. The van der Waals surface area contributed by atoms with Gasteiger partial charge >= 0.3 is 0 Å². The number of rotatable bonds is 8. The molecule has 57 heavy (non-hydrogen) atoms. The first-order valence-electron chi connectivity index (χ1n) is 19.9. The summed E-state index contributed by atoms with van der Waals surface area (Å²) in [5.74, 6) is 0.388. The van der Waals surface area contributed by atoms with E-state index in [0.29, 0.717) is 34.7 Å². The number of furan rings is 1. The van der Waals surface area contributed by atoms with E-state index in [4.69, 9.17) is 12.1 Å². The van der Waals surface area contributed by atoms with Crippen molar-refractivity contribution < 1.29 is 31.7 Å². The minimum atomic E-state index is -1.54. The molecule has 0 fully saturated rings. The molecule has 0 saturated heterocycles. The van der Waals surface area contributed by atoms with Crippen LogP contribution in [-0.4, -0.2) is 27.6 Å². The summed E-state index contributed by atoms with van der Waals surface area (Å²) in [6, 6.07) is 46.9. The molecule has 9 aromatic rings. The smallest absolute Gasteiger partial charge is 0.147 e. The number of pyridine rings is 2. The van der Waals surface area contributed by atoms with Crippen LogP contribution >= 0.6 is 0 Å². The number of aromatic nitrogens is 4. The van der Waals surface area contributed by atoms with Gasteiger partial charge in [0.15, 0.2) is 0 Å². The summed E-state index contributed by atoms with van der Waals surface area (Å²) in [4.78, 5) is 14.2. The van der Waals surface area contributed by atoms with Crippen LogP contribution < -0.4 is 5.19 Å². The van der Waals surface area contributed by atoms with Crippen LogP contribution in [0.3, 0.4) is 0 Å². The fourth-order valence-electron chi connectivity index (χ4n) is 6.89. The third-order valence-electron chi connectivity index (χ3n) is 9.69. The molecule has 287 valence electrons. The Balaban J connectivity index is 0.000000199. The van der Waals surface area contributed by atoms with E-state index in [2.05, 4.69) is 64.5 Å². The Hall–Kier alpha value is -5.53.